The molecule has 60 heavy (non-hydrogen) atoms. The van der Waals surface area contributed by atoms with Gasteiger partial charge in [0, 0.05) is 38.4 Å². The molecule has 0 aliphatic heterocycles. The van der Waals surface area contributed by atoms with Crippen LogP contribution in [0.5, 0.6) is 0 Å². The molecular formula is C58H38N2. The average molecular weight is 763 g/mol. The summed E-state index contributed by atoms with van der Waals surface area (Å²) in [5.41, 5.74) is 14.1. The first kappa shape index (κ1) is 34.1. The van der Waals surface area contributed by atoms with E-state index in [1.165, 1.54) is 93.2 Å². The van der Waals surface area contributed by atoms with Crippen LogP contribution in [0, 0.1) is 0 Å². The second-order valence-electron chi connectivity index (χ2n) is 15.6. The summed E-state index contributed by atoms with van der Waals surface area (Å²) >= 11 is 0. The lowest BCUT2D eigenvalue weighted by molar-refractivity contribution is 1.20. The van der Waals surface area contributed by atoms with Crippen LogP contribution >= 0.6 is 0 Å². The summed E-state index contributed by atoms with van der Waals surface area (Å²) in [6.07, 6.45) is 0. The van der Waals surface area contributed by atoms with Crippen LogP contribution in [0.1, 0.15) is 0 Å². The van der Waals surface area contributed by atoms with Crippen molar-refractivity contribution < 1.29 is 0 Å². The zero-order valence-electron chi connectivity index (χ0n) is 32.8. The van der Waals surface area contributed by atoms with Crippen molar-refractivity contribution in [3.63, 3.8) is 0 Å². The summed E-state index contributed by atoms with van der Waals surface area (Å²) < 4.78 is 2.46. The molecule has 12 rings (SSSR count). The molecule has 0 N–H and O–H groups in total. The van der Waals surface area contributed by atoms with Gasteiger partial charge in [0.15, 0.2) is 0 Å². The minimum atomic E-state index is 1.09. The molecule has 0 radical (unpaired) electrons. The van der Waals surface area contributed by atoms with Gasteiger partial charge >= 0.3 is 0 Å². The van der Waals surface area contributed by atoms with E-state index in [4.69, 9.17) is 0 Å². The normalized spacial score (nSPS) is 11.7. The van der Waals surface area contributed by atoms with Crippen molar-refractivity contribution in [2.24, 2.45) is 0 Å². The van der Waals surface area contributed by atoms with Gasteiger partial charge in [-0.2, -0.15) is 0 Å². The number of fused-ring (bicyclic) bond motifs is 3. The Labute approximate surface area is 348 Å². The van der Waals surface area contributed by atoms with Gasteiger partial charge in [0.2, 0.25) is 0 Å². The molecule has 0 atom stereocenters. The molecule has 2 heteroatoms. The smallest absolute Gasteiger partial charge is 0.0618 e. The van der Waals surface area contributed by atoms with Gasteiger partial charge in [0.1, 0.15) is 0 Å². The molecule has 0 saturated carbocycles. The topological polar surface area (TPSA) is 8.17 Å². The fraction of sp³-hybridized carbons (Fsp3) is 0. The highest BCUT2D eigenvalue weighted by atomic mass is 15.1. The largest absolute Gasteiger partial charge is 0.309 e. The summed E-state index contributed by atoms with van der Waals surface area (Å²) in [6.45, 7) is 0. The first-order valence-corrected chi connectivity index (χ1v) is 20.7. The van der Waals surface area contributed by atoms with E-state index in [1.54, 1.807) is 0 Å². The molecule has 2 nitrogen and oxygen atoms in total. The van der Waals surface area contributed by atoms with Gasteiger partial charge in [-0.25, -0.2) is 0 Å². The van der Waals surface area contributed by atoms with Crippen molar-refractivity contribution in [2.45, 2.75) is 0 Å². The molecule has 0 bridgehead atoms. The Morgan fingerprint density at radius 2 is 0.767 bits per heavy atom. The molecule has 0 aliphatic rings. The number of para-hydroxylation sites is 3. The van der Waals surface area contributed by atoms with Crippen LogP contribution in [-0.2, 0) is 0 Å². The Kier molecular flexibility index (Phi) is 7.89. The van der Waals surface area contributed by atoms with Crippen LogP contribution in [0.3, 0.4) is 0 Å². The van der Waals surface area contributed by atoms with Crippen LogP contribution in [-0.4, -0.2) is 4.57 Å². The summed E-state index contributed by atoms with van der Waals surface area (Å²) in [6, 6.07) is 84.3. The predicted octanol–water partition coefficient (Wildman–Crippen LogP) is 16.2. The Morgan fingerprint density at radius 3 is 1.37 bits per heavy atom. The SMILES string of the molecule is c1ccc(-c2ccc(N(c3c(-c4ccccc4)cccc3-c3ccccc3)c3ccc4ccc5c(-n6c7ccccc7c7ccccc76)ccc6ccc3c4c65)cc2)cc1. The summed E-state index contributed by atoms with van der Waals surface area (Å²) in [7, 11) is 0. The van der Waals surface area contributed by atoms with Crippen molar-refractivity contribution in [1.29, 1.82) is 0 Å². The van der Waals surface area contributed by atoms with Gasteiger partial charge < -0.3 is 9.47 Å². The highest BCUT2D eigenvalue weighted by molar-refractivity contribution is 6.28. The second kappa shape index (κ2) is 13.9. The lowest BCUT2D eigenvalue weighted by Gasteiger charge is -2.32. The van der Waals surface area contributed by atoms with Crippen molar-refractivity contribution in [2.75, 3.05) is 4.90 Å². The first-order valence-electron chi connectivity index (χ1n) is 20.7. The maximum Gasteiger partial charge on any atom is 0.0618 e. The van der Waals surface area contributed by atoms with Crippen molar-refractivity contribution in [3.05, 3.63) is 231 Å². The second-order valence-corrected chi connectivity index (χ2v) is 15.6. The van der Waals surface area contributed by atoms with Crippen LogP contribution < -0.4 is 4.90 Å². The van der Waals surface area contributed by atoms with Gasteiger partial charge in [-0.1, -0.05) is 194 Å². The van der Waals surface area contributed by atoms with E-state index in [1.807, 2.05) is 0 Å². The van der Waals surface area contributed by atoms with E-state index >= 15 is 0 Å². The molecule has 1 heterocycles. The predicted molar refractivity (Wildman–Crippen MR) is 255 cm³/mol. The standard InChI is InChI=1S/C58H38N2/c1-4-15-39(16-5-1)40-27-33-45(34-28-40)59(58-46(41-17-6-2-7-18-41)23-14-24-47(58)42-19-8-3-9-20-42)54-37-31-43-30-36-51-55(38-32-44-29-35-50(54)56(43)57(44)51)60-52-25-12-10-21-48(52)49-22-11-13-26-53(49)60/h1-38H. The van der Waals surface area contributed by atoms with Crippen LogP contribution in [0.4, 0.5) is 17.1 Å². The minimum Gasteiger partial charge on any atom is -0.309 e. The lowest BCUT2D eigenvalue weighted by atomic mass is 9.90. The molecule has 12 aromatic rings. The first-order chi connectivity index (χ1) is 29.8. The number of hydrogen-bond acceptors (Lipinski definition) is 1. The van der Waals surface area contributed by atoms with E-state index in [-0.39, 0.29) is 0 Å². The molecule has 0 fully saturated rings. The molecule has 0 amide bonds. The van der Waals surface area contributed by atoms with E-state index in [0.29, 0.717) is 0 Å². The van der Waals surface area contributed by atoms with Crippen molar-refractivity contribution in [3.8, 4) is 39.1 Å². The van der Waals surface area contributed by atoms with Crippen LogP contribution in [0.15, 0.2) is 231 Å². The van der Waals surface area contributed by atoms with Crippen LogP contribution in [0.25, 0.3) is 93.2 Å². The highest BCUT2D eigenvalue weighted by Gasteiger charge is 2.25. The maximum atomic E-state index is 2.51. The van der Waals surface area contributed by atoms with Crippen molar-refractivity contribution >= 4 is 71.2 Å². The maximum absolute atomic E-state index is 2.51. The highest BCUT2D eigenvalue weighted by Crippen LogP contribution is 2.50. The summed E-state index contributed by atoms with van der Waals surface area (Å²) in [4.78, 5) is 2.51. The zero-order chi connectivity index (χ0) is 39.6. The fourth-order valence-electron chi connectivity index (χ4n) is 9.65. The van der Waals surface area contributed by atoms with Gasteiger partial charge in [-0.05, 0) is 80.2 Å². The van der Waals surface area contributed by atoms with Gasteiger partial charge in [-0.15, -0.1) is 0 Å². The number of aromatic nitrogens is 1. The Hall–Kier alpha value is -7.94. The Morgan fingerprint density at radius 1 is 0.300 bits per heavy atom. The third-order valence-corrected chi connectivity index (χ3v) is 12.3. The van der Waals surface area contributed by atoms with Gasteiger partial charge in [-0.3, -0.25) is 0 Å². The molecule has 0 spiro atoms. The number of anilines is 3. The van der Waals surface area contributed by atoms with E-state index < -0.39 is 0 Å². The molecular weight excluding hydrogens is 725 g/mol. The Balaban J connectivity index is 1.16. The number of rotatable bonds is 7. The van der Waals surface area contributed by atoms with E-state index in [2.05, 4.69) is 240 Å². The lowest BCUT2D eigenvalue weighted by Crippen LogP contribution is -2.13. The number of nitrogens with zero attached hydrogens (tertiary/aromatic N) is 2. The fourth-order valence-corrected chi connectivity index (χ4v) is 9.65. The average Bonchev–Trinajstić information content (AvgIpc) is 3.66. The number of hydrogen-bond donors (Lipinski definition) is 0. The summed E-state index contributed by atoms with van der Waals surface area (Å²) in [5, 5.41) is 9.99. The molecule has 0 aliphatic carbocycles. The third-order valence-electron chi connectivity index (χ3n) is 12.3. The third kappa shape index (κ3) is 5.35. The molecule has 0 unspecified atom stereocenters. The molecule has 280 valence electrons. The minimum absolute atomic E-state index is 1.09. The van der Waals surface area contributed by atoms with E-state index in [0.717, 1.165) is 17.1 Å². The van der Waals surface area contributed by atoms with Crippen LogP contribution in [0.2, 0.25) is 0 Å². The Bertz CT molecular complexity index is 3400. The number of benzene rings is 11. The van der Waals surface area contributed by atoms with E-state index in [9.17, 15) is 0 Å². The molecule has 0 saturated heterocycles. The van der Waals surface area contributed by atoms with Gasteiger partial charge in [0.25, 0.3) is 0 Å². The zero-order valence-corrected chi connectivity index (χ0v) is 32.8. The monoisotopic (exact) mass is 762 g/mol. The molecule has 11 aromatic carbocycles. The van der Waals surface area contributed by atoms with Crippen molar-refractivity contribution in [1.82, 2.24) is 4.57 Å². The quantitative estimate of drug-likeness (QED) is 0.147. The molecule has 1 aromatic heterocycles. The van der Waals surface area contributed by atoms with Gasteiger partial charge in [0.05, 0.1) is 28.1 Å². The summed E-state index contributed by atoms with van der Waals surface area (Å²) in [5.74, 6) is 0.